The van der Waals surface area contributed by atoms with Crippen LogP contribution < -0.4 is 10.6 Å². The van der Waals surface area contributed by atoms with Crippen molar-refractivity contribution in [1.29, 1.82) is 0 Å². The molecule has 0 amide bonds. The lowest BCUT2D eigenvalue weighted by Gasteiger charge is -2.21. The van der Waals surface area contributed by atoms with E-state index < -0.39 is 5.97 Å². The number of carbonyl (C=O) groups is 1. The molecule has 1 aromatic heterocycles. The van der Waals surface area contributed by atoms with Crippen molar-refractivity contribution < 1.29 is 14.0 Å². The Hall–Kier alpha value is -3.40. The molecule has 1 aliphatic rings. The maximum atomic E-state index is 11.1. The van der Waals surface area contributed by atoms with Gasteiger partial charge in [0.1, 0.15) is 11.0 Å². The minimum Gasteiger partial charge on any atom is -0.457 e. The highest BCUT2D eigenvalue weighted by Gasteiger charge is 2.33. The summed E-state index contributed by atoms with van der Waals surface area (Å²) in [7, 11) is 0. The first kappa shape index (κ1) is 19.9. The standard InChI is InChI=1S/C26H25NO3/c1-15-21(20-9-7-8-10-24(20)26(15,5)6)14-22-17(3)29-25-12-11-19(13-23(22)25)16(2)27-30-18(4)28/h7-14H,3H2,1-2,4-6H3. The fourth-order valence-corrected chi connectivity index (χ4v) is 4.07. The lowest BCUT2D eigenvalue weighted by molar-refractivity contribution is -0.140. The van der Waals surface area contributed by atoms with E-state index in [1.807, 2.05) is 18.2 Å². The van der Waals surface area contributed by atoms with Gasteiger partial charge in [0, 0.05) is 22.9 Å². The van der Waals surface area contributed by atoms with Crippen molar-refractivity contribution in [3.63, 3.8) is 0 Å². The quantitative estimate of drug-likeness (QED) is 0.365. The summed E-state index contributed by atoms with van der Waals surface area (Å²) >= 11 is 0. The van der Waals surface area contributed by atoms with Gasteiger partial charge in [-0.1, -0.05) is 55.4 Å². The first-order valence-electron chi connectivity index (χ1n) is 9.97. The summed E-state index contributed by atoms with van der Waals surface area (Å²) in [6, 6.07) is 14.3. The zero-order valence-electron chi connectivity index (χ0n) is 18.0. The molecule has 30 heavy (non-hydrogen) atoms. The molecular weight excluding hydrogens is 374 g/mol. The monoisotopic (exact) mass is 399 g/mol. The van der Waals surface area contributed by atoms with Gasteiger partial charge in [0.2, 0.25) is 0 Å². The zero-order chi connectivity index (χ0) is 21.6. The molecule has 0 radical (unpaired) electrons. The molecule has 0 atom stereocenters. The lowest BCUT2D eigenvalue weighted by atomic mass is 9.82. The van der Waals surface area contributed by atoms with Gasteiger partial charge in [-0.25, -0.2) is 4.79 Å². The van der Waals surface area contributed by atoms with Crippen molar-refractivity contribution in [2.45, 2.75) is 40.0 Å². The van der Waals surface area contributed by atoms with Gasteiger partial charge in [-0.05, 0) is 60.4 Å². The smallest absolute Gasteiger partial charge is 0.331 e. The van der Waals surface area contributed by atoms with Crippen LogP contribution in [0.2, 0.25) is 0 Å². The van der Waals surface area contributed by atoms with Gasteiger partial charge in [-0.2, -0.15) is 0 Å². The van der Waals surface area contributed by atoms with E-state index >= 15 is 0 Å². The fourth-order valence-electron chi connectivity index (χ4n) is 4.07. The molecule has 0 N–H and O–H groups in total. The molecule has 0 fully saturated rings. The van der Waals surface area contributed by atoms with Gasteiger partial charge in [0.05, 0.1) is 5.71 Å². The number of fused-ring (bicyclic) bond motifs is 2. The third-order valence-electron chi connectivity index (χ3n) is 6.05. The molecule has 4 rings (SSSR count). The third kappa shape index (κ3) is 3.18. The van der Waals surface area contributed by atoms with Crippen LogP contribution >= 0.6 is 0 Å². The highest BCUT2D eigenvalue weighted by molar-refractivity contribution is 6.03. The molecule has 0 saturated heterocycles. The van der Waals surface area contributed by atoms with Crippen LogP contribution in [0.5, 0.6) is 0 Å². The number of hydrogen-bond donors (Lipinski definition) is 0. The number of nitrogens with zero attached hydrogens (tertiary/aromatic N) is 1. The summed E-state index contributed by atoms with van der Waals surface area (Å²) in [5, 5.41) is 5.81. The predicted molar refractivity (Wildman–Crippen MR) is 121 cm³/mol. The van der Waals surface area contributed by atoms with E-state index in [-0.39, 0.29) is 5.41 Å². The van der Waals surface area contributed by atoms with E-state index in [0.29, 0.717) is 11.1 Å². The van der Waals surface area contributed by atoms with Crippen molar-refractivity contribution in [2.75, 3.05) is 0 Å². The number of rotatable bonds is 3. The molecule has 3 aromatic rings. The normalized spacial score (nSPS) is 16.3. The summed E-state index contributed by atoms with van der Waals surface area (Å²) in [5.41, 5.74) is 7.94. The van der Waals surface area contributed by atoms with Gasteiger partial charge in [0.25, 0.3) is 0 Å². The number of allylic oxidation sites excluding steroid dienone is 2. The number of oxime groups is 1. The summed E-state index contributed by atoms with van der Waals surface area (Å²) in [4.78, 5) is 15.9. The molecule has 0 spiro atoms. The second-order valence-corrected chi connectivity index (χ2v) is 8.26. The van der Waals surface area contributed by atoms with Crippen LogP contribution in [0.15, 0.2) is 57.6 Å². The molecule has 1 aliphatic carbocycles. The van der Waals surface area contributed by atoms with Crippen molar-refractivity contribution >= 4 is 40.9 Å². The van der Waals surface area contributed by atoms with Crippen LogP contribution in [-0.2, 0) is 15.0 Å². The maximum absolute atomic E-state index is 11.1. The van der Waals surface area contributed by atoms with Crippen LogP contribution in [0.25, 0.3) is 29.2 Å². The maximum Gasteiger partial charge on any atom is 0.331 e. The van der Waals surface area contributed by atoms with Crippen molar-refractivity contribution in [3.05, 3.63) is 75.4 Å². The largest absolute Gasteiger partial charge is 0.457 e. The van der Waals surface area contributed by atoms with Crippen LogP contribution in [0, 0.1) is 0 Å². The second-order valence-electron chi connectivity index (χ2n) is 8.26. The molecule has 0 bridgehead atoms. The van der Waals surface area contributed by atoms with E-state index in [4.69, 9.17) is 9.25 Å². The zero-order valence-corrected chi connectivity index (χ0v) is 18.0. The number of benzene rings is 2. The van der Waals surface area contributed by atoms with E-state index in [2.05, 4.69) is 62.8 Å². The van der Waals surface area contributed by atoms with Crippen molar-refractivity contribution in [3.8, 4) is 0 Å². The Morgan fingerprint density at radius 3 is 2.63 bits per heavy atom. The second kappa shape index (κ2) is 7.13. The summed E-state index contributed by atoms with van der Waals surface area (Å²) in [6.07, 6.45) is 2.18. The van der Waals surface area contributed by atoms with Crippen molar-refractivity contribution in [2.24, 2.45) is 5.16 Å². The average Bonchev–Trinajstić information content (AvgIpc) is 3.12. The van der Waals surface area contributed by atoms with Crippen molar-refractivity contribution in [1.82, 2.24) is 0 Å². The molecule has 0 saturated carbocycles. The Morgan fingerprint density at radius 1 is 1.17 bits per heavy atom. The fraction of sp³-hybridized carbons (Fsp3) is 0.231. The minimum absolute atomic E-state index is 0.0261. The first-order chi connectivity index (χ1) is 14.2. The highest BCUT2D eigenvalue weighted by atomic mass is 16.7. The van der Waals surface area contributed by atoms with Crippen LogP contribution in [0.1, 0.15) is 51.3 Å². The van der Waals surface area contributed by atoms with Crippen LogP contribution in [-0.4, -0.2) is 11.7 Å². The van der Waals surface area contributed by atoms with E-state index in [1.165, 1.54) is 29.2 Å². The number of hydrogen-bond acceptors (Lipinski definition) is 4. The molecule has 152 valence electrons. The van der Waals surface area contributed by atoms with Crippen LogP contribution in [0.3, 0.4) is 0 Å². The molecule has 0 unspecified atom stereocenters. The summed E-state index contributed by atoms with van der Waals surface area (Å²) in [6.45, 7) is 14.0. The highest BCUT2D eigenvalue weighted by Crippen LogP contribution is 2.46. The third-order valence-corrected chi connectivity index (χ3v) is 6.05. The van der Waals surface area contributed by atoms with Gasteiger partial charge < -0.3 is 9.25 Å². The molecule has 0 aliphatic heterocycles. The molecular formula is C26H25NO3. The Labute approximate surface area is 175 Å². The Balaban J connectivity index is 1.93. The molecule has 4 heteroatoms. The first-order valence-corrected chi connectivity index (χ1v) is 9.97. The summed E-state index contributed by atoms with van der Waals surface area (Å²) in [5.74, 6) is -0.447. The SMILES string of the molecule is C=c1oc2ccc(C(C)=NOC(C)=O)cc2c1=CC1=C(C)C(C)(C)c2ccccc21. The predicted octanol–water partition coefficient (Wildman–Crippen LogP) is 4.68. The molecule has 4 nitrogen and oxygen atoms in total. The minimum atomic E-state index is -0.447. The van der Waals surface area contributed by atoms with E-state index in [9.17, 15) is 4.79 Å². The lowest BCUT2D eigenvalue weighted by Crippen LogP contribution is -2.18. The Morgan fingerprint density at radius 2 is 1.90 bits per heavy atom. The summed E-state index contributed by atoms with van der Waals surface area (Å²) < 4.78 is 5.93. The number of furan rings is 1. The molecule has 2 aromatic carbocycles. The van der Waals surface area contributed by atoms with Gasteiger partial charge >= 0.3 is 5.97 Å². The van der Waals surface area contributed by atoms with Gasteiger partial charge in [0.15, 0.2) is 0 Å². The topological polar surface area (TPSA) is 51.8 Å². The Kier molecular flexibility index (Phi) is 4.73. The van der Waals surface area contributed by atoms with Gasteiger partial charge in [-0.3, -0.25) is 0 Å². The van der Waals surface area contributed by atoms with Gasteiger partial charge in [-0.15, -0.1) is 0 Å². The molecule has 1 heterocycles. The van der Waals surface area contributed by atoms with E-state index in [1.54, 1.807) is 6.92 Å². The number of carbonyl (C=O) groups excluding carboxylic acids is 1. The van der Waals surface area contributed by atoms with Crippen LogP contribution in [0.4, 0.5) is 0 Å². The average molecular weight is 399 g/mol. The Bertz CT molecular complexity index is 1350. The van der Waals surface area contributed by atoms with E-state index in [0.717, 1.165) is 21.8 Å².